The molecule has 0 heterocycles. The second-order valence-corrected chi connectivity index (χ2v) is 5.51. The van der Waals surface area contributed by atoms with E-state index in [1.54, 1.807) is 0 Å². The van der Waals surface area contributed by atoms with E-state index >= 15 is 0 Å². The maximum atomic E-state index is 6.34. The monoisotopic (exact) mass is 293 g/mol. The van der Waals surface area contributed by atoms with Crippen molar-refractivity contribution < 1.29 is 0 Å². The third kappa shape index (κ3) is 2.94. The summed E-state index contributed by atoms with van der Waals surface area (Å²) in [5, 5.41) is 4.53. The summed E-state index contributed by atoms with van der Waals surface area (Å²) in [6.45, 7) is 4.20. The van der Waals surface area contributed by atoms with E-state index in [0.29, 0.717) is 10.0 Å². The van der Waals surface area contributed by atoms with Crippen molar-refractivity contribution in [1.29, 1.82) is 0 Å². The Morgan fingerprint density at radius 3 is 2.42 bits per heavy atom. The molecule has 2 rings (SSSR count). The highest BCUT2D eigenvalue weighted by atomic mass is 35.5. The van der Waals surface area contributed by atoms with Crippen LogP contribution >= 0.6 is 23.2 Å². The lowest BCUT2D eigenvalue weighted by atomic mass is 9.93. The zero-order chi connectivity index (χ0) is 14.0. The maximum absolute atomic E-state index is 6.34. The molecule has 0 aromatic heterocycles. The van der Waals surface area contributed by atoms with Crippen LogP contribution in [-0.4, -0.2) is 7.05 Å². The molecule has 0 saturated carbocycles. The molecule has 0 spiro atoms. The summed E-state index contributed by atoms with van der Waals surface area (Å²) < 4.78 is 0. The standard InChI is InChI=1S/C16H17Cl2N/c1-10-7-8-11(2)13(9-10)16(19-3)12-5-4-6-14(17)15(12)18/h4-9,16,19H,1-3H3. The van der Waals surface area contributed by atoms with Crippen LogP contribution in [0.2, 0.25) is 10.0 Å². The van der Waals surface area contributed by atoms with Gasteiger partial charge < -0.3 is 5.32 Å². The Labute approximate surface area is 124 Å². The molecule has 1 atom stereocenters. The highest BCUT2D eigenvalue weighted by Gasteiger charge is 2.18. The van der Waals surface area contributed by atoms with Gasteiger partial charge in [-0.15, -0.1) is 0 Å². The van der Waals surface area contributed by atoms with E-state index in [-0.39, 0.29) is 6.04 Å². The van der Waals surface area contributed by atoms with Crippen molar-refractivity contribution in [3.05, 3.63) is 68.7 Å². The number of aryl methyl sites for hydroxylation is 2. The van der Waals surface area contributed by atoms with Gasteiger partial charge in [0.25, 0.3) is 0 Å². The van der Waals surface area contributed by atoms with Crippen LogP contribution in [0.3, 0.4) is 0 Å². The molecule has 0 fully saturated rings. The molecule has 0 bridgehead atoms. The van der Waals surface area contributed by atoms with Crippen molar-refractivity contribution in [2.45, 2.75) is 19.9 Å². The van der Waals surface area contributed by atoms with Crippen LogP contribution in [-0.2, 0) is 0 Å². The predicted octanol–water partition coefficient (Wildman–Crippen LogP) is 4.92. The van der Waals surface area contributed by atoms with Gasteiger partial charge in [0.05, 0.1) is 16.1 Å². The average Bonchev–Trinajstić information content (AvgIpc) is 2.39. The smallest absolute Gasteiger partial charge is 0.0643 e. The SMILES string of the molecule is CNC(c1cc(C)ccc1C)c1cccc(Cl)c1Cl. The lowest BCUT2D eigenvalue weighted by Crippen LogP contribution is -2.19. The minimum Gasteiger partial charge on any atom is -0.309 e. The van der Waals surface area contributed by atoms with Gasteiger partial charge in [-0.3, -0.25) is 0 Å². The van der Waals surface area contributed by atoms with E-state index in [1.165, 1.54) is 16.7 Å². The van der Waals surface area contributed by atoms with E-state index in [4.69, 9.17) is 23.2 Å². The molecule has 3 heteroatoms. The van der Waals surface area contributed by atoms with Gasteiger partial charge in [0.1, 0.15) is 0 Å². The number of halogens is 2. The van der Waals surface area contributed by atoms with Crippen molar-refractivity contribution in [1.82, 2.24) is 5.32 Å². The maximum Gasteiger partial charge on any atom is 0.0643 e. The molecule has 2 aromatic carbocycles. The summed E-state index contributed by atoms with van der Waals surface area (Å²) in [5.74, 6) is 0. The van der Waals surface area contributed by atoms with E-state index in [2.05, 4.69) is 37.4 Å². The first-order valence-corrected chi connectivity index (χ1v) is 6.98. The second-order valence-electron chi connectivity index (χ2n) is 4.72. The van der Waals surface area contributed by atoms with Crippen LogP contribution in [0.1, 0.15) is 28.3 Å². The number of benzene rings is 2. The van der Waals surface area contributed by atoms with Crippen molar-refractivity contribution >= 4 is 23.2 Å². The third-order valence-corrected chi connectivity index (χ3v) is 4.16. The van der Waals surface area contributed by atoms with Crippen molar-refractivity contribution in [2.75, 3.05) is 7.05 Å². The molecule has 0 radical (unpaired) electrons. The average molecular weight is 294 g/mol. The van der Waals surface area contributed by atoms with Crippen LogP contribution < -0.4 is 5.32 Å². The number of nitrogens with one attached hydrogen (secondary N) is 1. The van der Waals surface area contributed by atoms with Gasteiger partial charge in [-0.25, -0.2) is 0 Å². The molecule has 0 amide bonds. The highest BCUT2D eigenvalue weighted by Crippen LogP contribution is 2.34. The van der Waals surface area contributed by atoms with Gasteiger partial charge in [-0.2, -0.15) is 0 Å². The van der Waals surface area contributed by atoms with Crippen LogP contribution in [0.4, 0.5) is 0 Å². The Balaban J connectivity index is 2.56. The minimum absolute atomic E-state index is 0.0473. The molecule has 0 aliphatic carbocycles. The van der Waals surface area contributed by atoms with Gasteiger partial charge in [-0.05, 0) is 43.7 Å². The largest absolute Gasteiger partial charge is 0.309 e. The van der Waals surface area contributed by atoms with Gasteiger partial charge in [0.15, 0.2) is 0 Å². The third-order valence-electron chi connectivity index (χ3n) is 3.33. The fourth-order valence-electron chi connectivity index (χ4n) is 2.29. The number of hydrogen-bond donors (Lipinski definition) is 1. The van der Waals surface area contributed by atoms with Gasteiger partial charge in [0, 0.05) is 0 Å². The fourth-order valence-corrected chi connectivity index (χ4v) is 2.71. The van der Waals surface area contributed by atoms with E-state index < -0.39 is 0 Å². The molecule has 0 saturated heterocycles. The minimum atomic E-state index is 0.0473. The topological polar surface area (TPSA) is 12.0 Å². The summed E-state index contributed by atoms with van der Waals surface area (Å²) >= 11 is 12.5. The van der Waals surface area contributed by atoms with E-state index in [0.717, 1.165) is 5.56 Å². The van der Waals surface area contributed by atoms with Crippen LogP contribution in [0.25, 0.3) is 0 Å². The van der Waals surface area contributed by atoms with Gasteiger partial charge in [-0.1, -0.05) is 59.1 Å². The molecular formula is C16H17Cl2N. The number of rotatable bonds is 3. The Bertz CT molecular complexity index is 591. The lowest BCUT2D eigenvalue weighted by Gasteiger charge is -2.21. The van der Waals surface area contributed by atoms with E-state index in [1.807, 2.05) is 25.2 Å². The lowest BCUT2D eigenvalue weighted by molar-refractivity contribution is 0.687. The first kappa shape index (κ1) is 14.4. The molecule has 0 aliphatic heterocycles. The molecular weight excluding hydrogens is 277 g/mol. The zero-order valence-electron chi connectivity index (χ0n) is 11.3. The Morgan fingerprint density at radius 1 is 1.00 bits per heavy atom. The van der Waals surface area contributed by atoms with Crippen LogP contribution in [0.5, 0.6) is 0 Å². The Hall–Kier alpha value is -1.02. The van der Waals surface area contributed by atoms with Crippen molar-refractivity contribution in [3.63, 3.8) is 0 Å². The van der Waals surface area contributed by atoms with Crippen LogP contribution in [0.15, 0.2) is 36.4 Å². The van der Waals surface area contributed by atoms with Gasteiger partial charge >= 0.3 is 0 Å². The van der Waals surface area contributed by atoms with E-state index in [9.17, 15) is 0 Å². The predicted molar refractivity (Wildman–Crippen MR) is 83.3 cm³/mol. The molecule has 1 N–H and O–H groups in total. The highest BCUT2D eigenvalue weighted by molar-refractivity contribution is 6.42. The molecule has 1 nitrogen and oxygen atoms in total. The first-order valence-electron chi connectivity index (χ1n) is 6.23. The Morgan fingerprint density at radius 2 is 1.74 bits per heavy atom. The molecule has 0 aliphatic rings. The quantitative estimate of drug-likeness (QED) is 0.847. The zero-order valence-corrected chi connectivity index (χ0v) is 12.8. The molecule has 2 aromatic rings. The number of hydrogen-bond acceptors (Lipinski definition) is 1. The van der Waals surface area contributed by atoms with Crippen molar-refractivity contribution in [3.8, 4) is 0 Å². The summed E-state index contributed by atoms with van der Waals surface area (Å²) in [7, 11) is 1.93. The molecule has 19 heavy (non-hydrogen) atoms. The second kappa shape index (κ2) is 5.96. The Kier molecular flexibility index (Phi) is 4.51. The van der Waals surface area contributed by atoms with Crippen molar-refractivity contribution in [2.24, 2.45) is 0 Å². The summed E-state index contributed by atoms with van der Waals surface area (Å²) in [6, 6.07) is 12.2. The normalized spacial score (nSPS) is 12.5. The summed E-state index contributed by atoms with van der Waals surface area (Å²) in [5.41, 5.74) is 4.71. The summed E-state index contributed by atoms with van der Waals surface area (Å²) in [4.78, 5) is 0. The molecule has 100 valence electrons. The summed E-state index contributed by atoms with van der Waals surface area (Å²) in [6.07, 6.45) is 0. The van der Waals surface area contributed by atoms with Crippen LogP contribution in [0, 0.1) is 13.8 Å². The fraction of sp³-hybridized carbons (Fsp3) is 0.250. The molecule has 1 unspecified atom stereocenters. The van der Waals surface area contributed by atoms with Gasteiger partial charge in [0.2, 0.25) is 0 Å². The first-order chi connectivity index (χ1) is 9.04.